The lowest BCUT2D eigenvalue weighted by Gasteiger charge is -2.35. The molecule has 0 amide bonds. The second-order valence-electron chi connectivity index (χ2n) is 6.44. The van der Waals surface area contributed by atoms with E-state index < -0.39 is 6.10 Å². The molecule has 0 fully saturated rings. The smallest absolute Gasteiger partial charge is 0.0956 e. The predicted octanol–water partition coefficient (Wildman–Crippen LogP) is 3.14. The average molecular weight is 303 g/mol. The summed E-state index contributed by atoms with van der Waals surface area (Å²) in [5.74, 6) is 0.154. The summed E-state index contributed by atoms with van der Waals surface area (Å²) < 4.78 is 2.23. The van der Waals surface area contributed by atoms with Crippen molar-refractivity contribution in [1.82, 2.24) is 14.5 Å². The van der Waals surface area contributed by atoms with Crippen LogP contribution in [0, 0.1) is 5.92 Å². The van der Waals surface area contributed by atoms with Crippen LogP contribution in [0.15, 0.2) is 55.2 Å². The highest BCUT2D eigenvalue weighted by Gasteiger charge is 2.40. The molecule has 23 heavy (non-hydrogen) atoms. The number of benzene rings is 1. The lowest BCUT2D eigenvalue weighted by atomic mass is 9.76. The lowest BCUT2D eigenvalue weighted by molar-refractivity contribution is 0.0718. The summed E-state index contributed by atoms with van der Waals surface area (Å²) in [6.07, 6.45) is 8.94. The van der Waals surface area contributed by atoms with E-state index in [-0.39, 0.29) is 12.0 Å². The van der Waals surface area contributed by atoms with Gasteiger partial charge in [0.2, 0.25) is 0 Å². The minimum absolute atomic E-state index is 0.153. The monoisotopic (exact) mass is 303 g/mol. The number of aliphatic hydroxyl groups is 1. The molecule has 1 unspecified atom stereocenters. The Morgan fingerprint density at radius 1 is 1.04 bits per heavy atom. The number of pyridine rings is 1. The summed E-state index contributed by atoms with van der Waals surface area (Å²) in [5, 5.41) is 11.0. The summed E-state index contributed by atoms with van der Waals surface area (Å²) in [4.78, 5) is 8.52. The van der Waals surface area contributed by atoms with Crippen LogP contribution < -0.4 is 0 Å². The molecular formula is C19H17N3O. The van der Waals surface area contributed by atoms with Gasteiger partial charge in [-0.15, -0.1) is 0 Å². The molecule has 0 saturated carbocycles. The molecule has 1 aliphatic carbocycles. The van der Waals surface area contributed by atoms with E-state index in [4.69, 9.17) is 0 Å². The van der Waals surface area contributed by atoms with Gasteiger partial charge in [0, 0.05) is 23.9 Å². The molecule has 4 nitrogen and oxygen atoms in total. The van der Waals surface area contributed by atoms with Crippen LogP contribution in [0.4, 0.5) is 0 Å². The number of aryl methyl sites for hydroxylation is 1. The molecule has 4 heteroatoms. The largest absolute Gasteiger partial charge is 0.388 e. The van der Waals surface area contributed by atoms with Gasteiger partial charge in [-0.25, -0.2) is 4.98 Å². The van der Waals surface area contributed by atoms with Crippen molar-refractivity contribution in [3.63, 3.8) is 0 Å². The zero-order valence-electron chi connectivity index (χ0n) is 12.6. The number of aliphatic hydroxyl groups excluding tert-OH is 1. The van der Waals surface area contributed by atoms with Gasteiger partial charge in [-0.2, -0.15) is 0 Å². The van der Waals surface area contributed by atoms with E-state index in [2.05, 4.69) is 38.8 Å². The van der Waals surface area contributed by atoms with Crippen LogP contribution >= 0.6 is 0 Å². The van der Waals surface area contributed by atoms with Crippen molar-refractivity contribution in [1.29, 1.82) is 0 Å². The van der Waals surface area contributed by atoms with Crippen molar-refractivity contribution in [2.75, 3.05) is 0 Å². The standard InChI is InChI=1S/C19H17N3O/c23-19-13-7-8-20-9-12(13)5-6-16(19)18-15-4-2-1-3-14(15)17-10-21-11-22(17)18/h1-4,7-11,16,18-19,23H,5-6H2/t16-,18?,19+/m0/s1. The molecule has 3 heterocycles. The maximum Gasteiger partial charge on any atom is 0.0956 e. The quantitative estimate of drug-likeness (QED) is 0.751. The van der Waals surface area contributed by atoms with E-state index in [9.17, 15) is 5.11 Å². The molecule has 0 bridgehead atoms. The molecule has 0 radical (unpaired) electrons. The van der Waals surface area contributed by atoms with Crippen molar-refractivity contribution < 1.29 is 5.11 Å². The Kier molecular flexibility index (Phi) is 2.70. The fraction of sp³-hybridized carbons (Fsp3) is 0.263. The Balaban J connectivity index is 1.64. The molecule has 1 N–H and O–H groups in total. The Morgan fingerprint density at radius 2 is 1.96 bits per heavy atom. The lowest BCUT2D eigenvalue weighted by Crippen LogP contribution is -2.28. The summed E-state index contributed by atoms with van der Waals surface area (Å²) in [5.41, 5.74) is 5.89. The van der Waals surface area contributed by atoms with Gasteiger partial charge in [-0.05, 0) is 35.6 Å². The fourth-order valence-corrected chi connectivity index (χ4v) is 4.29. The van der Waals surface area contributed by atoms with Crippen LogP contribution in [0.2, 0.25) is 0 Å². The van der Waals surface area contributed by atoms with Gasteiger partial charge >= 0.3 is 0 Å². The Labute approximate surface area is 134 Å². The van der Waals surface area contributed by atoms with E-state index in [0.29, 0.717) is 0 Å². The first kappa shape index (κ1) is 13.0. The van der Waals surface area contributed by atoms with E-state index in [0.717, 1.165) is 24.1 Å². The maximum absolute atomic E-state index is 11.0. The Hall–Kier alpha value is -2.46. The van der Waals surface area contributed by atoms with Gasteiger partial charge in [0.1, 0.15) is 0 Å². The van der Waals surface area contributed by atoms with Crippen molar-refractivity contribution in [2.45, 2.75) is 25.0 Å². The van der Waals surface area contributed by atoms with Crippen LogP contribution in [0.25, 0.3) is 11.3 Å². The molecule has 114 valence electrons. The van der Waals surface area contributed by atoms with Gasteiger partial charge in [0.25, 0.3) is 0 Å². The number of rotatable bonds is 1. The maximum atomic E-state index is 11.0. The van der Waals surface area contributed by atoms with Crippen LogP contribution in [0.5, 0.6) is 0 Å². The van der Waals surface area contributed by atoms with Crippen molar-refractivity contribution >= 4 is 0 Å². The number of hydrogen-bond acceptors (Lipinski definition) is 3. The average Bonchev–Trinajstić information content (AvgIpc) is 3.17. The highest BCUT2D eigenvalue weighted by Crippen LogP contribution is 2.49. The molecule has 1 aliphatic heterocycles. The van der Waals surface area contributed by atoms with Crippen molar-refractivity contribution in [3.8, 4) is 11.3 Å². The molecule has 5 rings (SSSR count). The van der Waals surface area contributed by atoms with Gasteiger partial charge in [-0.1, -0.05) is 24.3 Å². The molecule has 1 aromatic carbocycles. The minimum atomic E-state index is -0.465. The number of hydrogen-bond donors (Lipinski definition) is 1. The second kappa shape index (κ2) is 4.77. The highest BCUT2D eigenvalue weighted by molar-refractivity contribution is 5.69. The minimum Gasteiger partial charge on any atom is -0.388 e. The molecular weight excluding hydrogens is 286 g/mol. The SMILES string of the molecule is O[C@@H]1c2ccncc2CC[C@H]1C1c2ccccc2-c2cncn21. The molecule has 3 atom stereocenters. The normalized spacial score (nSPS) is 24.8. The van der Waals surface area contributed by atoms with Crippen LogP contribution in [0.1, 0.15) is 35.3 Å². The summed E-state index contributed by atoms with van der Waals surface area (Å²) >= 11 is 0. The first-order valence-electron chi connectivity index (χ1n) is 8.06. The van der Waals surface area contributed by atoms with E-state index in [1.807, 2.05) is 24.8 Å². The molecule has 3 aromatic rings. The third kappa shape index (κ3) is 1.75. The first-order chi connectivity index (χ1) is 11.3. The van der Waals surface area contributed by atoms with E-state index >= 15 is 0 Å². The van der Waals surface area contributed by atoms with E-state index in [1.165, 1.54) is 16.7 Å². The van der Waals surface area contributed by atoms with Crippen LogP contribution in [0.3, 0.4) is 0 Å². The Bertz CT molecular complexity index is 886. The number of nitrogens with zero attached hydrogens (tertiary/aromatic N) is 3. The summed E-state index contributed by atoms with van der Waals surface area (Å²) in [7, 11) is 0. The highest BCUT2D eigenvalue weighted by atomic mass is 16.3. The third-order valence-electron chi connectivity index (χ3n) is 5.34. The third-order valence-corrected chi connectivity index (χ3v) is 5.34. The Morgan fingerprint density at radius 3 is 2.91 bits per heavy atom. The van der Waals surface area contributed by atoms with Gasteiger partial charge in [0.05, 0.1) is 30.4 Å². The topological polar surface area (TPSA) is 50.9 Å². The van der Waals surface area contributed by atoms with Gasteiger partial charge < -0.3 is 9.67 Å². The fourth-order valence-electron chi connectivity index (χ4n) is 4.29. The zero-order chi connectivity index (χ0) is 15.4. The molecule has 2 aromatic heterocycles. The predicted molar refractivity (Wildman–Crippen MR) is 86.8 cm³/mol. The number of fused-ring (bicyclic) bond motifs is 4. The molecule has 0 spiro atoms. The number of aromatic nitrogens is 3. The first-order valence-corrected chi connectivity index (χ1v) is 8.06. The van der Waals surface area contributed by atoms with Crippen molar-refractivity contribution in [2.24, 2.45) is 5.92 Å². The summed E-state index contributed by atoms with van der Waals surface area (Å²) in [6.45, 7) is 0. The number of imidazole rings is 1. The zero-order valence-corrected chi connectivity index (χ0v) is 12.6. The summed E-state index contributed by atoms with van der Waals surface area (Å²) in [6, 6.07) is 10.6. The van der Waals surface area contributed by atoms with Gasteiger partial charge in [0.15, 0.2) is 0 Å². The molecule has 2 aliphatic rings. The second-order valence-corrected chi connectivity index (χ2v) is 6.44. The van der Waals surface area contributed by atoms with Gasteiger partial charge in [-0.3, -0.25) is 4.98 Å². The van der Waals surface area contributed by atoms with E-state index in [1.54, 1.807) is 6.20 Å². The molecule has 0 saturated heterocycles. The van der Waals surface area contributed by atoms with Crippen LogP contribution in [-0.2, 0) is 6.42 Å². The van der Waals surface area contributed by atoms with Crippen LogP contribution in [-0.4, -0.2) is 19.6 Å². The van der Waals surface area contributed by atoms with Crippen molar-refractivity contribution in [3.05, 3.63) is 71.9 Å².